The van der Waals surface area contributed by atoms with Crippen molar-refractivity contribution >= 4 is 23.9 Å². The molecule has 2 fully saturated rings. The minimum absolute atomic E-state index is 0.0333. The molecule has 13 nitrogen and oxygen atoms in total. The molecule has 2 bridgehead atoms. The molecule has 31 heavy (non-hydrogen) atoms. The third-order valence-corrected chi connectivity index (χ3v) is 3.76. The number of esters is 4. The molecule has 176 valence electrons. The van der Waals surface area contributed by atoms with E-state index in [9.17, 15) is 19.2 Å². The summed E-state index contributed by atoms with van der Waals surface area (Å²) in [5.74, 6) is -4.67. The molecule has 0 saturated carbocycles. The molecule has 0 aromatic carbocycles. The number of carbonyl (C=O) groups excluding carboxylic acids is 4. The molecular formula is C18H26O13. The fourth-order valence-electron chi connectivity index (χ4n) is 2.30. The first-order valence-electron chi connectivity index (χ1n) is 9.72. The van der Waals surface area contributed by atoms with Crippen LogP contribution in [0.1, 0.15) is 0 Å². The van der Waals surface area contributed by atoms with Crippen LogP contribution in [0.3, 0.4) is 0 Å². The first kappa shape index (κ1) is 24.9. The van der Waals surface area contributed by atoms with Crippen LogP contribution in [0.15, 0.2) is 0 Å². The fraction of sp³-hybridized carbons (Fsp3) is 0.778. The number of hydrogen-bond donors (Lipinski definition) is 0. The van der Waals surface area contributed by atoms with Gasteiger partial charge < -0.3 is 42.6 Å². The molecule has 2 heterocycles. The van der Waals surface area contributed by atoms with Crippen LogP contribution in [-0.4, -0.2) is 115 Å². The molecule has 0 radical (unpaired) electrons. The number of carbonyl (C=O) groups is 4. The van der Waals surface area contributed by atoms with E-state index in [4.69, 9.17) is 42.6 Å². The van der Waals surface area contributed by atoms with Gasteiger partial charge in [-0.2, -0.15) is 0 Å². The second kappa shape index (κ2) is 14.6. The summed E-state index contributed by atoms with van der Waals surface area (Å²) in [4.78, 5) is 49.6. The lowest BCUT2D eigenvalue weighted by Gasteiger charge is -2.20. The van der Waals surface area contributed by atoms with Gasteiger partial charge in [0.2, 0.25) is 0 Å². The lowest BCUT2D eigenvalue weighted by Crippen LogP contribution is -2.46. The number of cyclic esters (lactones) is 4. The Bertz CT molecular complexity index is 495. The normalized spacial score (nSPS) is 27.1. The Hall–Kier alpha value is -2.32. The number of rotatable bonds is 0. The zero-order valence-electron chi connectivity index (χ0n) is 16.9. The van der Waals surface area contributed by atoms with Crippen molar-refractivity contribution < 1.29 is 61.8 Å². The van der Waals surface area contributed by atoms with Crippen LogP contribution in [0.4, 0.5) is 0 Å². The van der Waals surface area contributed by atoms with E-state index in [-0.39, 0.29) is 79.3 Å². The maximum Gasteiger partial charge on any atom is 0.347 e. The van der Waals surface area contributed by atoms with Crippen LogP contribution in [-0.2, 0) is 61.8 Å². The van der Waals surface area contributed by atoms with E-state index in [2.05, 4.69) is 0 Å². The SMILES string of the molecule is O=C1OCCOCCOCCOC(=O)C2OC1C(=O)OCCOCCOCCOC2=O. The fourth-order valence-corrected chi connectivity index (χ4v) is 2.30. The van der Waals surface area contributed by atoms with Gasteiger partial charge in [0.25, 0.3) is 12.2 Å². The van der Waals surface area contributed by atoms with E-state index < -0.39 is 36.1 Å². The van der Waals surface area contributed by atoms with Gasteiger partial charge >= 0.3 is 23.9 Å². The highest BCUT2D eigenvalue weighted by molar-refractivity contribution is 6.01. The van der Waals surface area contributed by atoms with Gasteiger partial charge in [-0.3, -0.25) is 0 Å². The largest absolute Gasteiger partial charge is 0.461 e. The van der Waals surface area contributed by atoms with Crippen molar-refractivity contribution in [3.05, 3.63) is 0 Å². The summed E-state index contributed by atoms with van der Waals surface area (Å²) in [6.07, 6.45) is -4.07. The molecule has 0 unspecified atom stereocenters. The third kappa shape index (κ3) is 9.57. The lowest BCUT2D eigenvalue weighted by molar-refractivity contribution is -0.191. The lowest BCUT2D eigenvalue weighted by atomic mass is 10.3. The Morgan fingerprint density at radius 3 is 0.871 bits per heavy atom. The van der Waals surface area contributed by atoms with E-state index in [1.165, 1.54) is 0 Å². The van der Waals surface area contributed by atoms with Gasteiger partial charge in [-0.05, 0) is 0 Å². The minimum Gasteiger partial charge on any atom is -0.461 e. The van der Waals surface area contributed by atoms with Crippen LogP contribution in [0.25, 0.3) is 0 Å². The smallest absolute Gasteiger partial charge is 0.347 e. The highest BCUT2D eigenvalue weighted by atomic mass is 16.7. The molecule has 13 heteroatoms. The summed E-state index contributed by atoms with van der Waals surface area (Å²) in [6, 6.07) is 0. The quantitative estimate of drug-likeness (QED) is 0.228. The monoisotopic (exact) mass is 450 g/mol. The van der Waals surface area contributed by atoms with Crippen LogP contribution in [0.5, 0.6) is 0 Å². The van der Waals surface area contributed by atoms with Gasteiger partial charge in [0.1, 0.15) is 26.4 Å². The predicted octanol–water partition coefficient (Wildman–Crippen LogP) is -1.99. The molecule has 0 aromatic rings. The highest BCUT2D eigenvalue weighted by Crippen LogP contribution is 2.09. The summed E-state index contributed by atoms with van der Waals surface area (Å²) in [6.45, 7) is 0.175. The van der Waals surface area contributed by atoms with Gasteiger partial charge in [-0.1, -0.05) is 0 Å². The van der Waals surface area contributed by atoms with E-state index in [1.54, 1.807) is 0 Å². The maximum absolute atomic E-state index is 12.4. The van der Waals surface area contributed by atoms with Crippen LogP contribution in [0.2, 0.25) is 0 Å². The summed E-state index contributed by atoms with van der Waals surface area (Å²) < 4.78 is 45.8. The minimum atomic E-state index is -2.03. The molecule has 0 spiro atoms. The van der Waals surface area contributed by atoms with E-state index in [0.717, 1.165) is 0 Å². The molecular weight excluding hydrogens is 424 g/mol. The van der Waals surface area contributed by atoms with Crippen molar-refractivity contribution in [2.75, 3.05) is 79.3 Å². The average molecular weight is 450 g/mol. The van der Waals surface area contributed by atoms with Crippen LogP contribution < -0.4 is 0 Å². The second-order valence-electron chi connectivity index (χ2n) is 6.02. The van der Waals surface area contributed by atoms with Gasteiger partial charge in [0, 0.05) is 0 Å². The summed E-state index contributed by atoms with van der Waals surface area (Å²) in [7, 11) is 0. The molecule has 0 N–H and O–H groups in total. The standard InChI is InChI=1S/C18H26O13/c19-15-13-17(21)29-11-7-25-3-4-26-8-12-30-18(22)14(31-13)16(20)28-10-6-24-2-1-23-5-9-27-15/h13-14H,1-12H2. The van der Waals surface area contributed by atoms with Crippen molar-refractivity contribution in [3.8, 4) is 0 Å². The Morgan fingerprint density at radius 2 is 0.613 bits per heavy atom. The highest BCUT2D eigenvalue weighted by Gasteiger charge is 2.41. The van der Waals surface area contributed by atoms with E-state index >= 15 is 0 Å². The van der Waals surface area contributed by atoms with E-state index in [1.807, 2.05) is 0 Å². The molecule has 2 rings (SSSR count). The topological polar surface area (TPSA) is 151 Å². The van der Waals surface area contributed by atoms with Crippen molar-refractivity contribution in [1.29, 1.82) is 0 Å². The Kier molecular flexibility index (Phi) is 11.8. The van der Waals surface area contributed by atoms with Gasteiger partial charge in [-0.15, -0.1) is 0 Å². The summed E-state index contributed by atoms with van der Waals surface area (Å²) in [5, 5.41) is 0. The van der Waals surface area contributed by atoms with Crippen molar-refractivity contribution in [1.82, 2.24) is 0 Å². The van der Waals surface area contributed by atoms with Crippen molar-refractivity contribution in [3.63, 3.8) is 0 Å². The Balaban J connectivity index is 2.19. The molecule has 2 aliphatic rings. The van der Waals surface area contributed by atoms with Crippen molar-refractivity contribution in [2.45, 2.75) is 12.2 Å². The number of ether oxygens (including phenoxy) is 9. The first-order valence-corrected chi connectivity index (χ1v) is 9.72. The Morgan fingerprint density at radius 1 is 0.387 bits per heavy atom. The molecule has 0 atom stereocenters. The first-order chi connectivity index (χ1) is 15.1. The predicted molar refractivity (Wildman–Crippen MR) is 95.8 cm³/mol. The summed E-state index contributed by atoms with van der Waals surface area (Å²) >= 11 is 0. The zero-order valence-corrected chi connectivity index (χ0v) is 16.9. The van der Waals surface area contributed by atoms with Gasteiger partial charge in [0.15, 0.2) is 0 Å². The molecule has 0 aromatic heterocycles. The number of fused-ring (bicyclic) bond motifs is 2. The number of hydrogen-bond acceptors (Lipinski definition) is 13. The van der Waals surface area contributed by atoms with Gasteiger partial charge in [-0.25, -0.2) is 19.2 Å². The van der Waals surface area contributed by atoms with Crippen molar-refractivity contribution in [2.24, 2.45) is 0 Å². The Labute approximate surface area is 178 Å². The van der Waals surface area contributed by atoms with Gasteiger partial charge in [0.05, 0.1) is 52.9 Å². The van der Waals surface area contributed by atoms with Crippen LogP contribution in [0, 0.1) is 0 Å². The second-order valence-corrected chi connectivity index (χ2v) is 6.02. The maximum atomic E-state index is 12.4. The zero-order chi connectivity index (χ0) is 22.3. The average Bonchev–Trinajstić information content (AvgIpc) is 2.76. The third-order valence-electron chi connectivity index (χ3n) is 3.76. The van der Waals surface area contributed by atoms with E-state index in [0.29, 0.717) is 0 Å². The molecule has 2 saturated heterocycles. The summed E-state index contributed by atoms with van der Waals surface area (Å²) in [5.41, 5.74) is 0. The molecule has 0 amide bonds. The molecule has 0 aliphatic carbocycles. The molecule has 2 aliphatic heterocycles. The van der Waals surface area contributed by atoms with Crippen LogP contribution >= 0.6 is 0 Å².